The molecule has 3 rings (SSSR count). The van der Waals surface area contributed by atoms with E-state index in [2.05, 4.69) is 15.5 Å². The van der Waals surface area contributed by atoms with E-state index in [9.17, 15) is 4.79 Å². The molecule has 122 valence electrons. The fraction of sp³-hybridized carbons (Fsp3) is 0.375. The molecule has 1 aliphatic carbocycles. The molecule has 2 atom stereocenters. The van der Waals surface area contributed by atoms with Gasteiger partial charge < -0.3 is 20.9 Å². The maximum atomic E-state index is 12.5. The van der Waals surface area contributed by atoms with Crippen molar-refractivity contribution >= 4 is 34.1 Å². The number of aromatic nitrogens is 1. The quantitative estimate of drug-likeness (QED) is 0.753. The van der Waals surface area contributed by atoms with Crippen LogP contribution in [0.25, 0.3) is 10.9 Å². The van der Waals surface area contributed by atoms with Gasteiger partial charge in [-0.15, -0.1) is 0 Å². The Bertz CT molecular complexity index is 756. The molecule has 7 heteroatoms. The van der Waals surface area contributed by atoms with Crippen LogP contribution in [0, 0.1) is 0 Å². The van der Waals surface area contributed by atoms with Gasteiger partial charge in [-0.05, 0) is 37.1 Å². The second kappa shape index (κ2) is 6.60. The van der Waals surface area contributed by atoms with Gasteiger partial charge in [0.05, 0.1) is 5.71 Å². The number of nitrogens with two attached hydrogens (primary N) is 1. The van der Waals surface area contributed by atoms with Crippen LogP contribution in [-0.2, 0) is 4.84 Å². The van der Waals surface area contributed by atoms with E-state index in [1.54, 1.807) is 12.1 Å². The second-order valence-corrected chi connectivity index (χ2v) is 6.18. The van der Waals surface area contributed by atoms with E-state index in [0.29, 0.717) is 17.1 Å². The maximum Gasteiger partial charge on any atom is 0.268 e. The summed E-state index contributed by atoms with van der Waals surface area (Å²) in [6, 6.07) is 7.00. The lowest BCUT2D eigenvalue weighted by Crippen LogP contribution is -2.51. The van der Waals surface area contributed by atoms with Gasteiger partial charge in [-0.2, -0.15) is 0 Å². The van der Waals surface area contributed by atoms with E-state index in [0.717, 1.165) is 29.5 Å². The zero-order valence-electron chi connectivity index (χ0n) is 12.8. The van der Waals surface area contributed by atoms with Crippen LogP contribution in [0.3, 0.4) is 0 Å². The van der Waals surface area contributed by atoms with Crippen molar-refractivity contribution in [2.24, 2.45) is 10.9 Å². The van der Waals surface area contributed by atoms with E-state index in [1.807, 2.05) is 12.1 Å². The minimum Gasteiger partial charge on any atom is -0.399 e. The number of H-pyrrole nitrogens is 1. The molecule has 0 unspecified atom stereocenters. The molecule has 4 N–H and O–H groups in total. The van der Waals surface area contributed by atoms with Crippen molar-refractivity contribution in [2.75, 3.05) is 7.11 Å². The Hall–Kier alpha value is -2.05. The number of nitrogens with one attached hydrogen (secondary N) is 2. The molecule has 1 aromatic heterocycles. The van der Waals surface area contributed by atoms with Crippen LogP contribution in [0.5, 0.6) is 0 Å². The molecule has 0 bridgehead atoms. The standard InChI is InChI=1S/C16H19ClN4O2/c1-23-21-11-3-4-12(18)14(8-11)20-16(22)15-7-9-6-10(17)2-5-13(9)19-15/h2,5-7,12,14,19H,3-4,8,18H2,1H3,(H,20,22)/t12-,14+/m0/s1. The van der Waals surface area contributed by atoms with Gasteiger partial charge in [-0.3, -0.25) is 4.79 Å². The number of fused-ring (bicyclic) bond motifs is 1. The molecule has 1 amide bonds. The van der Waals surface area contributed by atoms with Gasteiger partial charge in [-0.1, -0.05) is 16.8 Å². The topological polar surface area (TPSA) is 92.5 Å². The molecule has 0 saturated heterocycles. The molecule has 2 aromatic rings. The van der Waals surface area contributed by atoms with Crippen molar-refractivity contribution in [3.8, 4) is 0 Å². The molecule has 0 aliphatic heterocycles. The Labute approximate surface area is 139 Å². The molecule has 23 heavy (non-hydrogen) atoms. The number of oxime groups is 1. The molecule has 0 radical (unpaired) electrons. The first-order valence-corrected chi connectivity index (χ1v) is 7.88. The number of halogens is 1. The minimum absolute atomic E-state index is 0.0893. The number of benzene rings is 1. The highest BCUT2D eigenvalue weighted by Gasteiger charge is 2.28. The normalized spacial score (nSPS) is 23.2. The van der Waals surface area contributed by atoms with Crippen LogP contribution >= 0.6 is 11.6 Å². The highest BCUT2D eigenvalue weighted by atomic mass is 35.5. The van der Waals surface area contributed by atoms with Crippen molar-refractivity contribution < 1.29 is 9.63 Å². The Morgan fingerprint density at radius 1 is 1.48 bits per heavy atom. The SMILES string of the molecule is CON=C1CC[C@H](N)[C@H](NC(=O)c2cc3cc(Cl)ccc3[nH]2)C1. The average molecular weight is 335 g/mol. The first-order valence-electron chi connectivity index (χ1n) is 7.50. The number of amides is 1. The fourth-order valence-corrected chi connectivity index (χ4v) is 3.06. The zero-order valence-corrected chi connectivity index (χ0v) is 13.6. The highest BCUT2D eigenvalue weighted by Crippen LogP contribution is 2.21. The van der Waals surface area contributed by atoms with E-state index in [4.69, 9.17) is 22.2 Å². The molecular formula is C16H19ClN4O2. The Kier molecular flexibility index (Phi) is 4.54. The largest absolute Gasteiger partial charge is 0.399 e. The number of carbonyl (C=O) groups excluding carboxylic acids is 1. The van der Waals surface area contributed by atoms with Crippen LogP contribution in [0.4, 0.5) is 0 Å². The fourth-order valence-electron chi connectivity index (χ4n) is 2.88. The maximum absolute atomic E-state index is 12.5. The van der Waals surface area contributed by atoms with E-state index in [-0.39, 0.29) is 18.0 Å². The van der Waals surface area contributed by atoms with Crippen LogP contribution in [0.1, 0.15) is 29.8 Å². The number of rotatable bonds is 3. The van der Waals surface area contributed by atoms with Crippen LogP contribution in [-0.4, -0.2) is 35.8 Å². The third-order valence-electron chi connectivity index (χ3n) is 4.10. The van der Waals surface area contributed by atoms with Gasteiger partial charge in [0.25, 0.3) is 5.91 Å². The molecule has 1 saturated carbocycles. The third-order valence-corrected chi connectivity index (χ3v) is 4.34. The van der Waals surface area contributed by atoms with Crippen molar-refractivity contribution in [3.63, 3.8) is 0 Å². The van der Waals surface area contributed by atoms with Gasteiger partial charge in [-0.25, -0.2) is 0 Å². The number of aromatic amines is 1. The lowest BCUT2D eigenvalue weighted by molar-refractivity contribution is 0.0925. The summed E-state index contributed by atoms with van der Waals surface area (Å²) in [6.07, 6.45) is 2.18. The van der Waals surface area contributed by atoms with Gasteiger partial charge in [0.15, 0.2) is 0 Å². The Morgan fingerprint density at radius 2 is 2.30 bits per heavy atom. The van der Waals surface area contributed by atoms with E-state index in [1.165, 1.54) is 7.11 Å². The molecule has 6 nitrogen and oxygen atoms in total. The zero-order chi connectivity index (χ0) is 16.4. The molecular weight excluding hydrogens is 316 g/mol. The lowest BCUT2D eigenvalue weighted by atomic mass is 9.89. The van der Waals surface area contributed by atoms with Crippen molar-refractivity contribution in [3.05, 3.63) is 35.0 Å². The van der Waals surface area contributed by atoms with Crippen LogP contribution in [0.2, 0.25) is 5.02 Å². The Morgan fingerprint density at radius 3 is 3.09 bits per heavy atom. The number of hydrogen-bond donors (Lipinski definition) is 3. The predicted molar refractivity (Wildman–Crippen MR) is 90.8 cm³/mol. The minimum atomic E-state index is -0.184. The van der Waals surface area contributed by atoms with Gasteiger partial charge >= 0.3 is 0 Å². The molecule has 1 aliphatic rings. The summed E-state index contributed by atoms with van der Waals surface area (Å²) in [4.78, 5) is 20.4. The lowest BCUT2D eigenvalue weighted by Gasteiger charge is -2.29. The van der Waals surface area contributed by atoms with Gasteiger partial charge in [0.2, 0.25) is 0 Å². The molecule has 1 aromatic carbocycles. The first-order chi connectivity index (χ1) is 11.1. The third kappa shape index (κ3) is 3.48. The van der Waals surface area contributed by atoms with Crippen LogP contribution < -0.4 is 11.1 Å². The summed E-state index contributed by atoms with van der Waals surface area (Å²) >= 11 is 5.97. The van der Waals surface area contributed by atoms with Gasteiger partial charge in [0, 0.05) is 34.4 Å². The number of hydrogen-bond acceptors (Lipinski definition) is 4. The first kappa shape index (κ1) is 15.8. The smallest absolute Gasteiger partial charge is 0.268 e. The monoisotopic (exact) mass is 334 g/mol. The summed E-state index contributed by atoms with van der Waals surface area (Å²) in [5.41, 5.74) is 8.40. The van der Waals surface area contributed by atoms with Crippen molar-refractivity contribution in [2.45, 2.75) is 31.3 Å². The van der Waals surface area contributed by atoms with E-state index >= 15 is 0 Å². The number of nitrogens with zero attached hydrogens (tertiary/aromatic N) is 1. The molecule has 1 fully saturated rings. The summed E-state index contributed by atoms with van der Waals surface area (Å²) in [7, 11) is 1.52. The van der Waals surface area contributed by atoms with Gasteiger partial charge in [0.1, 0.15) is 12.8 Å². The summed E-state index contributed by atoms with van der Waals surface area (Å²) in [6.45, 7) is 0. The highest BCUT2D eigenvalue weighted by molar-refractivity contribution is 6.31. The number of carbonyl (C=O) groups is 1. The average Bonchev–Trinajstić information content (AvgIpc) is 2.94. The summed E-state index contributed by atoms with van der Waals surface area (Å²) < 4.78 is 0. The molecule has 0 spiro atoms. The molecule has 1 heterocycles. The van der Waals surface area contributed by atoms with Crippen molar-refractivity contribution in [1.29, 1.82) is 0 Å². The summed E-state index contributed by atoms with van der Waals surface area (Å²) in [5, 5.41) is 8.50. The summed E-state index contributed by atoms with van der Waals surface area (Å²) in [5.74, 6) is -0.184. The Balaban J connectivity index is 1.75. The second-order valence-electron chi connectivity index (χ2n) is 5.74. The predicted octanol–water partition coefficient (Wildman–Crippen LogP) is 2.43. The van der Waals surface area contributed by atoms with Crippen molar-refractivity contribution in [1.82, 2.24) is 10.3 Å². The van der Waals surface area contributed by atoms with Crippen LogP contribution in [0.15, 0.2) is 29.4 Å². The van der Waals surface area contributed by atoms with E-state index < -0.39 is 0 Å².